The number of allylic oxidation sites excluding steroid dienone is 4. The van der Waals surface area contributed by atoms with Gasteiger partial charge >= 0.3 is 16.5 Å². The van der Waals surface area contributed by atoms with E-state index in [-0.39, 0.29) is 16.5 Å². The molecule has 0 rings (SSSR count). The summed E-state index contributed by atoms with van der Waals surface area (Å²) in [5.41, 5.74) is 0. The van der Waals surface area contributed by atoms with Crippen molar-refractivity contribution in [3.05, 3.63) is 24.3 Å². The Kier molecular flexibility index (Phi) is 51.2. The van der Waals surface area contributed by atoms with Crippen LogP contribution in [0.3, 0.4) is 0 Å². The van der Waals surface area contributed by atoms with Crippen LogP contribution in [0, 0.1) is 0 Å². The largest absolute Gasteiger partial charge is 2.00 e. The molecule has 0 bridgehead atoms. The molecule has 9 heteroatoms. The second kappa shape index (κ2) is 46.4. The maximum absolute atomic E-state index is 10.2. The Morgan fingerprint density at radius 3 is 0.867 bits per heavy atom. The Morgan fingerprint density at radius 2 is 0.622 bits per heavy atom. The van der Waals surface area contributed by atoms with E-state index in [1.807, 2.05) is 0 Å². The van der Waals surface area contributed by atoms with Crippen molar-refractivity contribution in [3.63, 3.8) is 0 Å². The van der Waals surface area contributed by atoms with Crippen molar-refractivity contribution in [2.75, 3.05) is 13.2 Å². The molecule has 0 aliphatic heterocycles. The topological polar surface area (TPSA) is 98.7 Å². The van der Waals surface area contributed by atoms with Crippen LogP contribution in [0.25, 0.3) is 0 Å². The zero-order valence-electron chi connectivity index (χ0n) is 29.3. The molecular formula is C36H72NiO6P2. The number of hydrogen-bond acceptors (Lipinski definition) is 6. The molecule has 0 saturated carbocycles. The Morgan fingerprint density at radius 1 is 0.400 bits per heavy atom. The summed E-state index contributed by atoms with van der Waals surface area (Å²) in [6.07, 6.45) is 44.6. The van der Waals surface area contributed by atoms with Gasteiger partial charge in [-0.2, -0.15) is 0 Å². The Balaban J connectivity index is -0.000000767. The van der Waals surface area contributed by atoms with E-state index in [0.717, 1.165) is 25.7 Å². The van der Waals surface area contributed by atoms with Crippen molar-refractivity contribution >= 4 is 16.5 Å². The monoisotopic (exact) mass is 720 g/mol. The molecule has 0 aliphatic rings. The third-order valence-electron chi connectivity index (χ3n) is 7.75. The first kappa shape index (κ1) is 49.7. The fourth-order valence-electron chi connectivity index (χ4n) is 5.01. The van der Waals surface area contributed by atoms with Gasteiger partial charge in [0.1, 0.15) is 16.5 Å². The molecule has 0 spiro atoms. The van der Waals surface area contributed by atoms with E-state index in [9.17, 15) is 18.9 Å². The van der Waals surface area contributed by atoms with Gasteiger partial charge < -0.3 is 28.0 Å². The summed E-state index contributed by atoms with van der Waals surface area (Å²) in [6, 6.07) is 0. The first-order chi connectivity index (χ1) is 21.5. The second-order valence-electron chi connectivity index (χ2n) is 12.1. The average molecular weight is 722 g/mol. The van der Waals surface area contributed by atoms with E-state index in [1.165, 1.54) is 154 Å². The molecule has 0 N–H and O–H groups in total. The van der Waals surface area contributed by atoms with E-state index in [2.05, 4.69) is 47.2 Å². The number of unbranched alkanes of at least 4 members (excludes halogenated alkanes) is 24. The van der Waals surface area contributed by atoms with Gasteiger partial charge in [0.25, 0.3) is 0 Å². The first-order valence-electron chi connectivity index (χ1n) is 18.5. The summed E-state index contributed by atoms with van der Waals surface area (Å²) in [4.78, 5) is 20.4. The summed E-state index contributed by atoms with van der Waals surface area (Å²) in [6.45, 7) is 5.25. The minimum atomic E-state index is -2.96. The Hall–Kier alpha value is 0.274. The van der Waals surface area contributed by atoms with Gasteiger partial charge in [0, 0.05) is 0 Å². The molecule has 2 unspecified atom stereocenters. The van der Waals surface area contributed by atoms with Crippen LogP contribution in [0.1, 0.15) is 194 Å². The van der Waals surface area contributed by atoms with Crippen LogP contribution in [0.15, 0.2) is 24.3 Å². The van der Waals surface area contributed by atoms with Gasteiger partial charge in [-0.3, -0.25) is 0 Å². The standard InChI is InChI=1S/2C18H37O3P.Ni/c2*1-2-3-4-5-6-7-8-9-10-11-12-13-14-15-16-17-18-21-22(19)20;/h2*9-10,22H,2-8,11-18H2,1H3,(H,19,20);/q;;+2/p-2. The van der Waals surface area contributed by atoms with E-state index >= 15 is 0 Å². The maximum Gasteiger partial charge on any atom is 2.00 e. The van der Waals surface area contributed by atoms with Crippen molar-refractivity contribution in [1.29, 1.82) is 0 Å². The molecule has 0 fully saturated rings. The summed E-state index contributed by atoms with van der Waals surface area (Å²) in [7, 11) is -5.92. The number of rotatable bonds is 34. The molecule has 6 nitrogen and oxygen atoms in total. The normalized spacial score (nSPS) is 12.7. The van der Waals surface area contributed by atoms with Crippen molar-refractivity contribution in [1.82, 2.24) is 0 Å². The van der Waals surface area contributed by atoms with Crippen molar-refractivity contribution in [3.8, 4) is 0 Å². The maximum atomic E-state index is 10.2. The summed E-state index contributed by atoms with van der Waals surface area (Å²) >= 11 is 0. The molecule has 0 amide bonds. The van der Waals surface area contributed by atoms with Crippen molar-refractivity contribution in [2.45, 2.75) is 194 Å². The van der Waals surface area contributed by atoms with Crippen LogP contribution in [0.2, 0.25) is 0 Å². The van der Waals surface area contributed by atoms with Gasteiger partial charge in [-0.1, -0.05) is 154 Å². The van der Waals surface area contributed by atoms with E-state index < -0.39 is 16.5 Å². The summed E-state index contributed by atoms with van der Waals surface area (Å²) in [5.74, 6) is 0. The summed E-state index contributed by atoms with van der Waals surface area (Å²) in [5, 5.41) is 0. The van der Waals surface area contributed by atoms with Gasteiger partial charge in [0.05, 0.1) is 13.2 Å². The van der Waals surface area contributed by atoms with Crippen LogP contribution in [0.4, 0.5) is 0 Å². The number of hydrogen-bond donors (Lipinski definition) is 0. The van der Waals surface area contributed by atoms with Crippen molar-refractivity contribution < 1.29 is 44.5 Å². The second-order valence-corrected chi connectivity index (χ2v) is 13.6. The third-order valence-corrected chi connectivity index (χ3v) is 8.63. The van der Waals surface area contributed by atoms with E-state index in [0.29, 0.717) is 13.2 Å². The molecular weight excluding hydrogens is 649 g/mol. The van der Waals surface area contributed by atoms with Crippen LogP contribution in [-0.2, 0) is 34.7 Å². The minimum Gasteiger partial charge on any atom is -0.781 e. The van der Waals surface area contributed by atoms with Crippen LogP contribution >= 0.6 is 16.5 Å². The molecule has 2 atom stereocenters. The van der Waals surface area contributed by atoms with Crippen LogP contribution in [0.5, 0.6) is 0 Å². The molecule has 0 aromatic heterocycles. The molecule has 0 aromatic carbocycles. The molecule has 0 heterocycles. The van der Waals surface area contributed by atoms with Gasteiger partial charge in [0.15, 0.2) is 0 Å². The average Bonchev–Trinajstić information content (AvgIpc) is 3.00. The van der Waals surface area contributed by atoms with E-state index in [1.54, 1.807) is 0 Å². The molecule has 0 radical (unpaired) electrons. The zero-order chi connectivity index (χ0) is 32.6. The smallest absolute Gasteiger partial charge is 0.781 e. The zero-order valence-corrected chi connectivity index (χ0v) is 32.3. The van der Waals surface area contributed by atoms with Gasteiger partial charge in [-0.25, -0.2) is 0 Å². The Labute approximate surface area is 291 Å². The van der Waals surface area contributed by atoms with Gasteiger partial charge in [-0.15, -0.1) is 0 Å². The predicted octanol–water partition coefficient (Wildman–Crippen LogP) is 11.6. The van der Waals surface area contributed by atoms with Crippen LogP contribution < -0.4 is 9.79 Å². The molecule has 272 valence electrons. The van der Waals surface area contributed by atoms with E-state index in [4.69, 9.17) is 0 Å². The first-order valence-corrected chi connectivity index (χ1v) is 21.0. The van der Waals surface area contributed by atoms with Crippen molar-refractivity contribution in [2.24, 2.45) is 0 Å². The van der Waals surface area contributed by atoms with Crippen LogP contribution in [-0.4, -0.2) is 13.2 Å². The third kappa shape index (κ3) is 54.0. The van der Waals surface area contributed by atoms with Gasteiger partial charge in [-0.05, 0) is 64.2 Å². The summed E-state index contributed by atoms with van der Waals surface area (Å²) < 4.78 is 29.5. The SMILES string of the molecule is CCCCCCCCC=CCCCCCCCCO[PH](=O)[O-].CCCCCCCCC=CCCCCCCCCO[PH](=O)[O-].[Ni+2]. The quantitative estimate of drug-likeness (QED) is 0.0284. The molecule has 0 aromatic rings. The molecule has 0 aliphatic carbocycles. The minimum absolute atomic E-state index is 0. The predicted molar refractivity (Wildman–Crippen MR) is 189 cm³/mol. The fraction of sp³-hybridized carbons (Fsp3) is 0.889. The molecule has 0 saturated heterocycles. The van der Waals surface area contributed by atoms with Gasteiger partial charge in [0.2, 0.25) is 0 Å². The molecule has 45 heavy (non-hydrogen) atoms. The fourth-order valence-corrected chi connectivity index (χ4v) is 5.63. The Bertz CT molecular complexity index is 595.